The number of nitrogens with one attached hydrogen (secondary N) is 1. The van der Waals surface area contributed by atoms with E-state index < -0.39 is 0 Å². The topological polar surface area (TPSA) is 21.3 Å². The van der Waals surface area contributed by atoms with Crippen molar-refractivity contribution < 1.29 is 4.74 Å². The van der Waals surface area contributed by atoms with Crippen molar-refractivity contribution in [2.45, 2.75) is 27.2 Å². The van der Waals surface area contributed by atoms with Gasteiger partial charge in [0.25, 0.3) is 0 Å². The molecular formula is C16H25NO. The van der Waals surface area contributed by atoms with Crippen LogP contribution < -0.4 is 10.1 Å². The second-order valence-corrected chi connectivity index (χ2v) is 4.87. The van der Waals surface area contributed by atoms with Crippen molar-refractivity contribution in [2.24, 2.45) is 5.92 Å². The summed E-state index contributed by atoms with van der Waals surface area (Å²) in [5, 5.41) is 3.38. The van der Waals surface area contributed by atoms with Gasteiger partial charge in [-0.1, -0.05) is 45.1 Å². The lowest BCUT2D eigenvalue weighted by Crippen LogP contribution is -2.19. The molecule has 0 unspecified atom stereocenters. The van der Waals surface area contributed by atoms with Crippen molar-refractivity contribution in [3.05, 3.63) is 35.9 Å². The minimum Gasteiger partial charge on any atom is -0.494 e. The third-order valence-corrected chi connectivity index (χ3v) is 2.48. The summed E-state index contributed by atoms with van der Waals surface area (Å²) in [7, 11) is 0. The van der Waals surface area contributed by atoms with Gasteiger partial charge < -0.3 is 10.1 Å². The quantitative estimate of drug-likeness (QED) is 0.707. The Labute approximate surface area is 111 Å². The molecule has 1 N–H and O–H groups in total. The highest BCUT2D eigenvalue weighted by Gasteiger charge is 1.93. The SMILES string of the molecule is CCCOc1ccc(C=CCNCC(C)C)cc1. The van der Waals surface area contributed by atoms with Crippen LogP contribution in [0.25, 0.3) is 6.08 Å². The summed E-state index contributed by atoms with van der Waals surface area (Å²) in [4.78, 5) is 0. The van der Waals surface area contributed by atoms with Gasteiger partial charge in [-0.2, -0.15) is 0 Å². The van der Waals surface area contributed by atoms with Crippen molar-refractivity contribution in [1.29, 1.82) is 0 Å². The standard InChI is InChI=1S/C16H25NO/c1-4-12-18-16-9-7-15(8-10-16)6-5-11-17-13-14(2)3/h5-10,14,17H,4,11-13H2,1-3H3. The zero-order valence-electron chi connectivity index (χ0n) is 11.8. The van der Waals surface area contributed by atoms with Crippen molar-refractivity contribution >= 4 is 6.08 Å². The Hall–Kier alpha value is -1.28. The molecule has 100 valence electrons. The van der Waals surface area contributed by atoms with Crippen LogP contribution in [0.4, 0.5) is 0 Å². The zero-order chi connectivity index (χ0) is 13.2. The third kappa shape index (κ3) is 6.45. The average molecular weight is 247 g/mol. The molecule has 0 amide bonds. The van der Waals surface area contributed by atoms with E-state index in [0.29, 0.717) is 5.92 Å². The van der Waals surface area contributed by atoms with Crippen LogP contribution in [-0.2, 0) is 0 Å². The van der Waals surface area contributed by atoms with Crippen molar-refractivity contribution in [2.75, 3.05) is 19.7 Å². The normalized spacial score (nSPS) is 11.3. The molecule has 0 saturated heterocycles. The molecule has 1 aromatic carbocycles. The van der Waals surface area contributed by atoms with Crippen LogP contribution in [-0.4, -0.2) is 19.7 Å². The van der Waals surface area contributed by atoms with Crippen LogP contribution >= 0.6 is 0 Å². The minimum absolute atomic E-state index is 0.702. The first kappa shape index (κ1) is 14.8. The van der Waals surface area contributed by atoms with E-state index in [1.54, 1.807) is 0 Å². The van der Waals surface area contributed by atoms with Crippen molar-refractivity contribution in [3.8, 4) is 5.75 Å². The highest BCUT2D eigenvalue weighted by atomic mass is 16.5. The fourth-order valence-corrected chi connectivity index (χ4v) is 1.55. The molecule has 0 aliphatic rings. The van der Waals surface area contributed by atoms with E-state index >= 15 is 0 Å². The number of hydrogen-bond donors (Lipinski definition) is 1. The van der Waals surface area contributed by atoms with Crippen LogP contribution in [0.5, 0.6) is 5.75 Å². The van der Waals surface area contributed by atoms with Gasteiger partial charge in [0.2, 0.25) is 0 Å². The smallest absolute Gasteiger partial charge is 0.119 e. The fraction of sp³-hybridized carbons (Fsp3) is 0.500. The third-order valence-electron chi connectivity index (χ3n) is 2.48. The molecule has 2 nitrogen and oxygen atoms in total. The van der Waals surface area contributed by atoms with Gasteiger partial charge in [-0.15, -0.1) is 0 Å². The lowest BCUT2D eigenvalue weighted by atomic mass is 10.2. The largest absolute Gasteiger partial charge is 0.494 e. The molecule has 0 saturated carbocycles. The fourth-order valence-electron chi connectivity index (χ4n) is 1.55. The summed E-state index contributed by atoms with van der Waals surface area (Å²) >= 11 is 0. The van der Waals surface area contributed by atoms with E-state index in [1.165, 1.54) is 5.56 Å². The van der Waals surface area contributed by atoms with E-state index in [4.69, 9.17) is 4.74 Å². The van der Waals surface area contributed by atoms with E-state index in [2.05, 4.69) is 50.4 Å². The van der Waals surface area contributed by atoms with Crippen molar-refractivity contribution in [3.63, 3.8) is 0 Å². The summed E-state index contributed by atoms with van der Waals surface area (Å²) < 4.78 is 5.54. The highest BCUT2D eigenvalue weighted by molar-refractivity contribution is 5.50. The molecule has 0 heterocycles. The lowest BCUT2D eigenvalue weighted by molar-refractivity contribution is 0.317. The molecule has 0 atom stereocenters. The molecule has 0 spiro atoms. The predicted molar refractivity (Wildman–Crippen MR) is 79.0 cm³/mol. The Morgan fingerprint density at radius 1 is 1.22 bits per heavy atom. The molecular weight excluding hydrogens is 222 g/mol. The van der Waals surface area contributed by atoms with Crippen LogP contribution in [0.3, 0.4) is 0 Å². The minimum atomic E-state index is 0.702. The molecule has 1 rings (SSSR count). The lowest BCUT2D eigenvalue weighted by Gasteiger charge is -2.05. The first-order valence-electron chi connectivity index (χ1n) is 6.82. The second-order valence-electron chi connectivity index (χ2n) is 4.87. The zero-order valence-corrected chi connectivity index (χ0v) is 11.8. The van der Waals surface area contributed by atoms with E-state index in [0.717, 1.165) is 31.9 Å². The Balaban J connectivity index is 2.31. The predicted octanol–water partition coefficient (Wildman–Crippen LogP) is 3.73. The maximum atomic E-state index is 5.54. The van der Waals surface area contributed by atoms with Gasteiger partial charge in [0.1, 0.15) is 5.75 Å². The molecule has 2 heteroatoms. The van der Waals surface area contributed by atoms with Gasteiger partial charge in [0.05, 0.1) is 6.61 Å². The maximum Gasteiger partial charge on any atom is 0.119 e. The summed E-state index contributed by atoms with van der Waals surface area (Å²) in [6.45, 7) is 9.31. The van der Waals surface area contributed by atoms with Gasteiger partial charge >= 0.3 is 0 Å². The van der Waals surface area contributed by atoms with Gasteiger partial charge in [0, 0.05) is 6.54 Å². The van der Waals surface area contributed by atoms with E-state index in [9.17, 15) is 0 Å². The molecule has 0 fully saturated rings. The number of rotatable bonds is 8. The van der Waals surface area contributed by atoms with Crippen LogP contribution in [0.2, 0.25) is 0 Å². The van der Waals surface area contributed by atoms with Gasteiger partial charge in [-0.05, 0) is 36.6 Å². The van der Waals surface area contributed by atoms with E-state index in [-0.39, 0.29) is 0 Å². The first-order valence-corrected chi connectivity index (χ1v) is 6.82. The number of hydrogen-bond acceptors (Lipinski definition) is 2. The Bertz CT molecular complexity index is 341. The maximum absolute atomic E-state index is 5.54. The van der Waals surface area contributed by atoms with Crippen LogP contribution in [0.15, 0.2) is 30.3 Å². The molecule has 0 aromatic heterocycles. The molecule has 18 heavy (non-hydrogen) atoms. The molecule has 0 radical (unpaired) electrons. The molecule has 0 aliphatic heterocycles. The first-order chi connectivity index (χ1) is 8.72. The summed E-state index contributed by atoms with van der Waals surface area (Å²) in [5.74, 6) is 1.65. The van der Waals surface area contributed by atoms with E-state index in [1.807, 2.05) is 12.1 Å². The average Bonchev–Trinajstić information content (AvgIpc) is 2.37. The van der Waals surface area contributed by atoms with Crippen LogP contribution in [0, 0.1) is 5.92 Å². The molecule has 0 aliphatic carbocycles. The second kappa shape index (κ2) is 8.76. The van der Waals surface area contributed by atoms with Gasteiger partial charge in [-0.3, -0.25) is 0 Å². The summed E-state index contributed by atoms with van der Waals surface area (Å²) in [6.07, 6.45) is 5.34. The van der Waals surface area contributed by atoms with Gasteiger partial charge in [0.15, 0.2) is 0 Å². The Morgan fingerprint density at radius 2 is 1.94 bits per heavy atom. The Morgan fingerprint density at radius 3 is 2.56 bits per heavy atom. The number of benzene rings is 1. The highest BCUT2D eigenvalue weighted by Crippen LogP contribution is 2.13. The summed E-state index contributed by atoms with van der Waals surface area (Å²) in [5.41, 5.74) is 1.21. The number of ether oxygens (including phenoxy) is 1. The monoisotopic (exact) mass is 247 g/mol. The molecule has 1 aromatic rings. The van der Waals surface area contributed by atoms with Gasteiger partial charge in [-0.25, -0.2) is 0 Å². The van der Waals surface area contributed by atoms with Crippen molar-refractivity contribution in [1.82, 2.24) is 5.32 Å². The van der Waals surface area contributed by atoms with Crippen LogP contribution in [0.1, 0.15) is 32.8 Å². The summed E-state index contributed by atoms with van der Waals surface area (Å²) in [6, 6.07) is 8.22. The molecule has 0 bridgehead atoms. The Kier molecular flexibility index (Phi) is 7.19.